The van der Waals surface area contributed by atoms with Crippen molar-refractivity contribution in [2.45, 2.75) is 4.90 Å². The van der Waals surface area contributed by atoms with Crippen molar-refractivity contribution in [3.63, 3.8) is 0 Å². The summed E-state index contributed by atoms with van der Waals surface area (Å²) in [4.78, 5) is 9.65. The molecule has 1 rings (SSSR count). The summed E-state index contributed by atoms with van der Waals surface area (Å²) < 4.78 is 35.5. The molecule has 0 aromatic carbocycles. The number of carboxylic acid groups (broad SMARTS) is 1. The molecule has 14 heavy (non-hydrogen) atoms. The van der Waals surface area contributed by atoms with Gasteiger partial charge in [-0.15, -0.1) is 0 Å². The van der Waals surface area contributed by atoms with Gasteiger partial charge in [0.05, 0.1) is 0 Å². The normalized spacial score (nSPS) is 11.6. The Balaban J connectivity index is 3.55. The highest BCUT2D eigenvalue weighted by Crippen LogP contribution is 2.22. The first-order valence-electron chi connectivity index (χ1n) is 3.28. The second-order valence-electron chi connectivity index (χ2n) is 2.51. The molecule has 0 aliphatic rings. The summed E-state index contributed by atoms with van der Waals surface area (Å²) in [5, 5.41) is 8.53. The molecule has 0 spiro atoms. The Morgan fingerprint density at radius 1 is 1.64 bits per heavy atom. The number of halogens is 2. The molecule has 0 amide bonds. The van der Waals surface area contributed by atoms with Gasteiger partial charge in [-0.25, -0.2) is 17.6 Å². The van der Waals surface area contributed by atoms with Crippen molar-refractivity contribution in [1.82, 2.24) is 4.57 Å². The van der Waals surface area contributed by atoms with Gasteiger partial charge in [-0.1, -0.05) is 0 Å². The third-order valence-corrected chi connectivity index (χ3v) is 2.86. The van der Waals surface area contributed by atoms with Crippen LogP contribution >= 0.6 is 10.7 Å². The van der Waals surface area contributed by atoms with Crippen molar-refractivity contribution in [3.8, 4) is 0 Å². The van der Waals surface area contributed by atoms with Gasteiger partial charge >= 0.3 is 5.97 Å². The van der Waals surface area contributed by atoms with Crippen molar-refractivity contribution in [2.75, 3.05) is 0 Å². The number of hydrogen-bond acceptors (Lipinski definition) is 3. The number of rotatable bonds is 2. The monoisotopic (exact) mass is 241 g/mol. The molecule has 5 nitrogen and oxygen atoms in total. The van der Waals surface area contributed by atoms with Crippen LogP contribution in [0.2, 0.25) is 0 Å². The molecular weight excluding hydrogens is 237 g/mol. The Kier molecular flexibility index (Phi) is 2.55. The summed E-state index contributed by atoms with van der Waals surface area (Å²) in [5.41, 5.74) is -0.746. The molecule has 1 aromatic heterocycles. The van der Waals surface area contributed by atoms with Crippen LogP contribution in [-0.4, -0.2) is 24.1 Å². The lowest BCUT2D eigenvalue weighted by Gasteiger charge is -1.94. The molecule has 1 aromatic rings. The molecule has 0 saturated heterocycles. The minimum Gasteiger partial charge on any atom is -0.476 e. The third-order valence-electron chi connectivity index (χ3n) is 1.55. The Bertz CT molecular complexity index is 492. The predicted octanol–water partition coefficient (Wildman–Crippen LogP) is 0.790. The lowest BCUT2D eigenvalue weighted by Crippen LogP contribution is -2.05. The summed E-state index contributed by atoms with van der Waals surface area (Å²) in [5.74, 6) is -2.91. The summed E-state index contributed by atoms with van der Waals surface area (Å²) in [7, 11) is 1.83. The number of hydrogen-bond donors (Lipinski definition) is 1. The SMILES string of the molecule is Cn1cc(S(=O)(=O)Cl)c(F)c1C(=O)O. The molecule has 0 radical (unpaired) electrons. The van der Waals surface area contributed by atoms with Crippen LogP contribution in [0.15, 0.2) is 11.1 Å². The van der Waals surface area contributed by atoms with Crippen molar-refractivity contribution in [3.05, 3.63) is 17.7 Å². The van der Waals surface area contributed by atoms with Crippen LogP contribution < -0.4 is 0 Å². The first-order chi connectivity index (χ1) is 6.25. The quantitative estimate of drug-likeness (QED) is 0.777. The largest absolute Gasteiger partial charge is 0.476 e. The van der Waals surface area contributed by atoms with Gasteiger partial charge in [0.25, 0.3) is 9.05 Å². The molecule has 0 atom stereocenters. The van der Waals surface area contributed by atoms with E-state index >= 15 is 0 Å². The maximum Gasteiger partial charge on any atom is 0.355 e. The van der Waals surface area contributed by atoms with Crippen LogP contribution in [0.1, 0.15) is 10.5 Å². The molecule has 0 fully saturated rings. The zero-order chi connectivity index (χ0) is 11.1. The molecule has 0 saturated carbocycles. The second kappa shape index (κ2) is 3.25. The Morgan fingerprint density at radius 2 is 2.14 bits per heavy atom. The smallest absolute Gasteiger partial charge is 0.355 e. The van der Waals surface area contributed by atoms with Crippen LogP contribution in [-0.2, 0) is 16.1 Å². The fourth-order valence-corrected chi connectivity index (χ4v) is 1.90. The van der Waals surface area contributed by atoms with E-state index in [1.54, 1.807) is 0 Å². The highest BCUT2D eigenvalue weighted by Gasteiger charge is 2.26. The zero-order valence-corrected chi connectivity index (χ0v) is 8.43. The minimum absolute atomic E-state index is 0.746. The predicted molar refractivity (Wildman–Crippen MR) is 45.4 cm³/mol. The van der Waals surface area contributed by atoms with Gasteiger partial charge in [0.2, 0.25) is 0 Å². The molecular formula is C6H5ClFNO4S. The summed E-state index contributed by atoms with van der Waals surface area (Å²) >= 11 is 0. The number of carboxylic acids is 1. The van der Waals surface area contributed by atoms with E-state index in [1.807, 2.05) is 0 Å². The van der Waals surface area contributed by atoms with Crippen LogP contribution in [0, 0.1) is 5.82 Å². The van der Waals surface area contributed by atoms with E-state index in [4.69, 9.17) is 15.8 Å². The Morgan fingerprint density at radius 3 is 2.36 bits per heavy atom. The first-order valence-corrected chi connectivity index (χ1v) is 5.59. The van der Waals surface area contributed by atoms with Gasteiger partial charge < -0.3 is 9.67 Å². The highest BCUT2D eigenvalue weighted by atomic mass is 35.7. The number of aromatic nitrogens is 1. The molecule has 1 N–H and O–H groups in total. The minimum atomic E-state index is -4.26. The Labute approximate surface area is 83.1 Å². The zero-order valence-electron chi connectivity index (χ0n) is 6.86. The molecule has 8 heteroatoms. The van der Waals surface area contributed by atoms with Crippen LogP contribution in [0.5, 0.6) is 0 Å². The number of aromatic carboxylic acids is 1. The standard InChI is InChI=1S/C6H5ClFNO4S/c1-9-2-3(14(7,12)13)4(8)5(9)6(10)11/h2H,1H3,(H,10,11). The van der Waals surface area contributed by atoms with Gasteiger partial charge in [0, 0.05) is 23.9 Å². The van der Waals surface area contributed by atoms with Crippen LogP contribution in [0.3, 0.4) is 0 Å². The van der Waals surface area contributed by atoms with Crippen molar-refractivity contribution < 1.29 is 22.7 Å². The molecule has 1 heterocycles. The average Bonchev–Trinajstić information content (AvgIpc) is 2.24. The lowest BCUT2D eigenvalue weighted by atomic mass is 10.4. The van der Waals surface area contributed by atoms with Crippen LogP contribution in [0.4, 0.5) is 4.39 Å². The Hall–Kier alpha value is -1.08. The summed E-state index contributed by atoms with van der Waals surface area (Å²) in [6.07, 6.45) is 0.807. The second-order valence-corrected chi connectivity index (χ2v) is 5.04. The van der Waals surface area contributed by atoms with E-state index in [0.717, 1.165) is 10.8 Å². The molecule has 0 unspecified atom stereocenters. The van der Waals surface area contributed by atoms with Gasteiger partial charge in [-0.3, -0.25) is 0 Å². The third kappa shape index (κ3) is 1.73. The highest BCUT2D eigenvalue weighted by molar-refractivity contribution is 8.13. The van der Waals surface area contributed by atoms with Gasteiger partial charge in [-0.2, -0.15) is 0 Å². The van der Waals surface area contributed by atoms with Gasteiger partial charge in [0.15, 0.2) is 11.5 Å². The van der Waals surface area contributed by atoms with E-state index < -0.39 is 31.4 Å². The van der Waals surface area contributed by atoms with Gasteiger partial charge in [0.1, 0.15) is 4.90 Å². The van der Waals surface area contributed by atoms with Crippen molar-refractivity contribution in [1.29, 1.82) is 0 Å². The topological polar surface area (TPSA) is 76.4 Å². The molecule has 0 aliphatic carbocycles. The van der Waals surface area contributed by atoms with Crippen molar-refractivity contribution in [2.24, 2.45) is 7.05 Å². The maximum absolute atomic E-state index is 13.2. The van der Waals surface area contributed by atoms with E-state index in [1.165, 1.54) is 7.05 Å². The van der Waals surface area contributed by atoms with Crippen molar-refractivity contribution >= 4 is 25.7 Å². The molecule has 78 valence electrons. The van der Waals surface area contributed by atoms with Gasteiger partial charge in [-0.05, 0) is 0 Å². The van der Waals surface area contributed by atoms with E-state index in [9.17, 15) is 17.6 Å². The van der Waals surface area contributed by atoms with E-state index in [0.29, 0.717) is 0 Å². The van der Waals surface area contributed by atoms with E-state index in [-0.39, 0.29) is 0 Å². The number of carbonyl (C=O) groups is 1. The first kappa shape index (κ1) is 11.0. The molecule has 0 bridgehead atoms. The number of aryl methyl sites for hydroxylation is 1. The van der Waals surface area contributed by atoms with Crippen LogP contribution in [0.25, 0.3) is 0 Å². The summed E-state index contributed by atoms with van der Waals surface area (Å²) in [6.45, 7) is 0. The lowest BCUT2D eigenvalue weighted by molar-refractivity contribution is 0.0681. The van der Waals surface area contributed by atoms with E-state index in [2.05, 4.69) is 0 Å². The average molecular weight is 242 g/mol. The number of nitrogens with zero attached hydrogens (tertiary/aromatic N) is 1. The molecule has 0 aliphatic heterocycles. The summed E-state index contributed by atoms with van der Waals surface area (Å²) in [6, 6.07) is 0. The fraction of sp³-hybridized carbons (Fsp3) is 0.167. The fourth-order valence-electron chi connectivity index (χ4n) is 0.983. The maximum atomic E-state index is 13.2.